The summed E-state index contributed by atoms with van der Waals surface area (Å²) in [4.78, 5) is 4.30. The molecule has 1 unspecified atom stereocenters. The Morgan fingerprint density at radius 3 is 2.56 bits per heavy atom. The normalized spacial score (nSPS) is 11.9. The van der Waals surface area contributed by atoms with Gasteiger partial charge in [-0.25, -0.2) is 4.98 Å². The van der Waals surface area contributed by atoms with Crippen LogP contribution in [-0.2, 0) is 6.42 Å². The van der Waals surface area contributed by atoms with Crippen molar-refractivity contribution in [1.29, 1.82) is 0 Å². The number of pyridine rings is 1. The van der Waals surface area contributed by atoms with E-state index in [1.165, 1.54) is 5.56 Å². The molecule has 1 atom stereocenters. The summed E-state index contributed by atoms with van der Waals surface area (Å²) < 4.78 is 5.08. The third kappa shape index (κ3) is 3.48. The average Bonchev–Trinajstić information content (AvgIpc) is 2.40. The Morgan fingerprint density at radius 2 is 1.94 bits per heavy atom. The minimum atomic E-state index is 0.341. The van der Waals surface area contributed by atoms with Crippen LogP contribution in [0.1, 0.15) is 12.5 Å². The Bertz CT molecular complexity index is 468. The van der Waals surface area contributed by atoms with E-state index >= 15 is 0 Å². The summed E-state index contributed by atoms with van der Waals surface area (Å²) in [5, 5.41) is 3.37. The van der Waals surface area contributed by atoms with E-state index in [0.29, 0.717) is 6.04 Å². The van der Waals surface area contributed by atoms with Gasteiger partial charge in [-0.3, -0.25) is 0 Å². The van der Waals surface area contributed by atoms with Crippen molar-refractivity contribution in [3.05, 3.63) is 54.2 Å². The fraction of sp³-hybridized carbons (Fsp3) is 0.267. The number of rotatable bonds is 5. The van der Waals surface area contributed by atoms with Crippen LogP contribution < -0.4 is 10.1 Å². The summed E-state index contributed by atoms with van der Waals surface area (Å²) in [7, 11) is 1.64. The predicted molar refractivity (Wildman–Crippen MR) is 74.0 cm³/mol. The van der Waals surface area contributed by atoms with Crippen molar-refractivity contribution >= 4 is 5.82 Å². The zero-order chi connectivity index (χ0) is 12.8. The number of anilines is 1. The molecule has 0 saturated carbocycles. The Labute approximate surface area is 108 Å². The lowest BCUT2D eigenvalue weighted by Crippen LogP contribution is -2.18. The van der Waals surface area contributed by atoms with Gasteiger partial charge in [0.2, 0.25) is 0 Å². The molecular formula is C15H18N2O. The van der Waals surface area contributed by atoms with Crippen LogP contribution in [0, 0.1) is 0 Å². The van der Waals surface area contributed by atoms with E-state index in [-0.39, 0.29) is 0 Å². The van der Waals surface area contributed by atoms with Gasteiger partial charge in [0.15, 0.2) is 0 Å². The van der Waals surface area contributed by atoms with Gasteiger partial charge >= 0.3 is 0 Å². The standard InChI is InChI=1S/C15H18N2O/c1-12(10-13-6-4-3-5-7-13)17-15-9-8-14(18-2)11-16-15/h3-9,11-12H,10H2,1-2H3,(H,16,17). The minimum absolute atomic E-state index is 0.341. The highest BCUT2D eigenvalue weighted by Gasteiger charge is 2.04. The molecule has 1 aromatic carbocycles. The van der Waals surface area contributed by atoms with Crippen LogP contribution in [0.5, 0.6) is 5.75 Å². The summed E-state index contributed by atoms with van der Waals surface area (Å²) in [6.07, 6.45) is 2.70. The van der Waals surface area contributed by atoms with Gasteiger partial charge in [0.25, 0.3) is 0 Å². The van der Waals surface area contributed by atoms with E-state index in [0.717, 1.165) is 18.0 Å². The predicted octanol–water partition coefficient (Wildman–Crippen LogP) is 3.13. The smallest absolute Gasteiger partial charge is 0.137 e. The Hall–Kier alpha value is -2.03. The lowest BCUT2D eigenvalue weighted by molar-refractivity contribution is 0.413. The number of hydrogen-bond acceptors (Lipinski definition) is 3. The zero-order valence-electron chi connectivity index (χ0n) is 10.8. The van der Waals surface area contributed by atoms with Crippen LogP contribution in [-0.4, -0.2) is 18.1 Å². The van der Waals surface area contributed by atoms with Crippen LogP contribution in [0.2, 0.25) is 0 Å². The van der Waals surface area contributed by atoms with E-state index < -0.39 is 0 Å². The maximum absolute atomic E-state index is 5.08. The third-order valence-corrected chi connectivity index (χ3v) is 2.75. The van der Waals surface area contributed by atoms with E-state index in [4.69, 9.17) is 4.74 Å². The molecule has 0 bridgehead atoms. The molecule has 0 aliphatic rings. The lowest BCUT2D eigenvalue weighted by Gasteiger charge is -2.14. The molecule has 0 spiro atoms. The highest BCUT2D eigenvalue weighted by Crippen LogP contribution is 2.13. The van der Waals surface area contributed by atoms with Crippen molar-refractivity contribution in [2.45, 2.75) is 19.4 Å². The summed E-state index contributed by atoms with van der Waals surface area (Å²) in [6.45, 7) is 2.15. The highest BCUT2D eigenvalue weighted by molar-refractivity contribution is 5.38. The van der Waals surface area contributed by atoms with Crippen LogP contribution in [0.4, 0.5) is 5.82 Å². The van der Waals surface area contributed by atoms with Crippen molar-refractivity contribution in [2.24, 2.45) is 0 Å². The molecule has 18 heavy (non-hydrogen) atoms. The molecule has 0 amide bonds. The second-order valence-electron chi connectivity index (χ2n) is 4.32. The fourth-order valence-electron chi connectivity index (χ4n) is 1.86. The first-order valence-electron chi connectivity index (χ1n) is 6.08. The fourth-order valence-corrected chi connectivity index (χ4v) is 1.86. The van der Waals surface area contributed by atoms with Gasteiger partial charge in [-0.15, -0.1) is 0 Å². The Balaban J connectivity index is 1.92. The third-order valence-electron chi connectivity index (χ3n) is 2.75. The molecule has 0 aliphatic heterocycles. The van der Waals surface area contributed by atoms with E-state index in [9.17, 15) is 0 Å². The average molecular weight is 242 g/mol. The number of nitrogens with zero attached hydrogens (tertiary/aromatic N) is 1. The first-order valence-corrected chi connectivity index (χ1v) is 6.08. The summed E-state index contributed by atoms with van der Waals surface area (Å²) in [5.41, 5.74) is 1.33. The molecule has 0 aliphatic carbocycles. The number of ether oxygens (including phenoxy) is 1. The van der Waals surface area contributed by atoms with Crippen molar-refractivity contribution < 1.29 is 4.74 Å². The molecule has 2 rings (SSSR count). The Kier molecular flexibility index (Phi) is 4.18. The van der Waals surface area contributed by atoms with E-state index in [2.05, 4.69) is 41.5 Å². The molecule has 3 heteroatoms. The molecule has 0 fully saturated rings. The summed E-state index contributed by atoms with van der Waals surface area (Å²) in [6, 6.07) is 14.6. The lowest BCUT2D eigenvalue weighted by atomic mass is 10.1. The van der Waals surface area contributed by atoms with Gasteiger partial charge in [0.05, 0.1) is 13.3 Å². The molecule has 3 nitrogen and oxygen atoms in total. The topological polar surface area (TPSA) is 34.1 Å². The largest absolute Gasteiger partial charge is 0.495 e. The van der Waals surface area contributed by atoms with Crippen LogP contribution in [0.15, 0.2) is 48.7 Å². The van der Waals surface area contributed by atoms with Crippen molar-refractivity contribution in [2.75, 3.05) is 12.4 Å². The van der Waals surface area contributed by atoms with Crippen molar-refractivity contribution in [3.8, 4) is 5.75 Å². The summed E-state index contributed by atoms with van der Waals surface area (Å²) >= 11 is 0. The van der Waals surface area contributed by atoms with Gasteiger partial charge in [0.1, 0.15) is 11.6 Å². The molecule has 1 aromatic heterocycles. The van der Waals surface area contributed by atoms with Gasteiger partial charge in [0, 0.05) is 6.04 Å². The molecule has 1 N–H and O–H groups in total. The van der Waals surface area contributed by atoms with Crippen molar-refractivity contribution in [1.82, 2.24) is 4.98 Å². The van der Waals surface area contributed by atoms with Crippen LogP contribution in [0.3, 0.4) is 0 Å². The molecule has 0 radical (unpaired) electrons. The van der Waals surface area contributed by atoms with E-state index in [1.807, 2.05) is 18.2 Å². The number of aromatic nitrogens is 1. The molecule has 2 aromatic rings. The SMILES string of the molecule is COc1ccc(NC(C)Cc2ccccc2)nc1. The quantitative estimate of drug-likeness (QED) is 0.874. The first kappa shape index (κ1) is 12.4. The molecule has 1 heterocycles. The second-order valence-corrected chi connectivity index (χ2v) is 4.32. The van der Waals surface area contributed by atoms with Gasteiger partial charge in [-0.2, -0.15) is 0 Å². The monoisotopic (exact) mass is 242 g/mol. The highest BCUT2D eigenvalue weighted by atomic mass is 16.5. The molecular weight excluding hydrogens is 224 g/mol. The number of nitrogens with one attached hydrogen (secondary N) is 1. The maximum Gasteiger partial charge on any atom is 0.137 e. The Morgan fingerprint density at radius 1 is 1.17 bits per heavy atom. The zero-order valence-corrected chi connectivity index (χ0v) is 10.8. The molecule has 94 valence electrons. The maximum atomic E-state index is 5.08. The van der Waals surface area contributed by atoms with Crippen LogP contribution in [0.25, 0.3) is 0 Å². The second kappa shape index (κ2) is 6.05. The van der Waals surface area contributed by atoms with Crippen LogP contribution >= 0.6 is 0 Å². The van der Waals surface area contributed by atoms with Gasteiger partial charge < -0.3 is 10.1 Å². The van der Waals surface area contributed by atoms with Gasteiger partial charge in [-0.05, 0) is 31.0 Å². The van der Waals surface area contributed by atoms with E-state index in [1.54, 1.807) is 13.3 Å². The number of benzene rings is 1. The number of hydrogen-bond donors (Lipinski definition) is 1. The van der Waals surface area contributed by atoms with Crippen molar-refractivity contribution in [3.63, 3.8) is 0 Å². The molecule has 0 saturated heterocycles. The minimum Gasteiger partial charge on any atom is -0.495 e. The van der Waals surface area contributed by atoms with Gasteiger partial charge in [-0.1, -0.05) is 30.3 Å². The summed E-state index contributed by atoms with van der Waals surface area (Å²) in [5.74, 6) is 1.65. The first-order chi connectivity index (χ1) is 8.78. The number of methoxy groups -OCH3 is 1.